The fourth-order valence-electron chi connectivity index (χ4n) is 2.32. The molecule has 1 atom stereocenters. The zero-order chi connectivity index (χ0) is 12.5. The summed E-state index contributed by atoms with van der Waals surface area (Å²) in [5.41, 5.74) is 0. The Morgan fingerprint density at radius 1 is 1.53 bits per heavy atom. The van der Waals surface area contributed by atoms with Gasteiger partial charge in [0.1, 0.15) is 0 Å². The highest BCUT2D eigenvalue weighted by molar-refractivity contribution is 5.76. The highest BCUT2D eigenvalue weighted by atomic mass is 16.5. The van der Waals surface area contributed by atoms with Crippen LogP contribution in [-0.4, -0.2) is 50.7 Å². The summed E-state index contributed by atoms with van der Waals surface area (Å²) in [6, 6.07) is 0. The number of hydrogen-bond donors (Lipinski definition) is 1. The van der Waals surface area contributed by atoms with E-state index in [-0.39, 0.29) is 5.91 Å². The van der Waals surface area contributed by atoms with Crippen molar-refractivity contribution in [3.8, 4) is 0 Å². The number of piperidine rings is 1. The van der Waals surface area contributed by atoms with Crippen molar-refractivity contribution in [2.75, 3.05) is 39.9 Å². The molecule has 1 N–H and O–H groups in total. The van der Waals surface area contributed by atoms with Crippen LogP contribution in [-0.2, 0) is 9.53 Å². The molecule has 1 fully saturated rings. The highest BCUT2D eigenvalue weighted by Crippen LogP contribution is 2.12. The standard InChI is InChI=1S/C13H26N2O2/c1-3-15(13(16)7-5-9-17-2)11-12-6-4-8-14-10-12/h12,14H,3-11H2,1-2H3. The number of methoxy groups -OCH3 is 1. The summed E-state index contributed by atoms with van der Waals surface area (Å²) in [4.78, 5) is 14.0. The SMILES string of the molecule is CCN(CC1CCCNC1)C(=O)CCCOC. The molecule has 100 valence electrons. The topological polar surface area (TPSA) is 41.6 Å². The molecule has 0 aliphatic carbocycles. The minimum atomic E-state index is 0.273. The molecule has 0 spiro atoms. The summed E-state index contributed by atoms with van der Waals surface area (Å²) >= 11 is 0. The molecule has 1 amide bonds. The third-order valence-corrected chi connectivity index (χ3v) is 3.35. The number of carbonyl (C=O) groups excluding carboxylic acids is 1. The van der Waals surface area contributed by atoms with Crippen LogP contribution in [0.2, 0.25) is 0 Å². The molecule has 1 rings (SSSR count). The second-order valence-electron chi connectivity index (χ2n) is 4.74. The molecule has 17 heavy (non-hydrogen) atoms. The van der Waals surface area contributed by atoms with Crippen molar-refractivity contribution in [1.29, 1.82) is 0 Å². The summed E-state index contributed by atoms with van der Waals surface area (Å²) in [5.74, 6) is 0.908. The average Bonchev–Trinajstić information content (AvgIpc) is 2.37. The molecule has 1 heterocycles. The minimum absolute atomic E-state index is 0.273. The van der Waals surface area contributed by atoms with Crippen LogP contribution in [0.5, 0.6) is 0 Å². The van der Waals surface area contributed by atoms with Crippen molar-refractivity contribution in [2.45, 2.75) is 32.6 Å². The number of rotatable bonds is 7. The summed E-state index contributed by atoms with van der Waals surface area (Å²) in [6.07, 6.45) is 3.92. The Bertz CT molecular complexity index is 215. The van der Waals surface area contributed by atoms with Crippen LogP contribution in [0.3, 0.4) is 0 Å². The van der Waals surface area contributed by atoms with E-state index < -0.39 is 0 Å². The summed E-state index contributed by atoms with van der Waals surface area (Å²) < 4.78 is 4.97. The molecule has 0 aromatic rings. The van der Waals surface area contributed by atoms with Crippen molar-refractivity contribution in [3.05, 3.63) is 0 Å². The number of nitrogens with zero attached hydrogens (tertiary/aromatic N) is 1. The van der Waals surface area contributed by atoms with Gasteiger partial charge in [0.2, 0.25) is 5.91 Å². The smallest absolute Gasteiger partial charge is 0.222 e. The van der Waals surface area contributed by atoms with Crippen LogP contribution in [0.1, 0.15) is 32.6 Å². The first-order chi connectivity index (χ1) is 8.27. The van der Waals surface area contributed by atoms with Gasteiger partial charge in [-0.1, -0.05) is 0 Å². The van der Waals surface area contributed by atoms with E-state index in [9.17, 15) is 4.79 Å². The van der Waals surface area contributed by atoms with Gasteiger partial charge in [0, 0.05) is 33.2 Å². The Hall–Kier alpha value is -0.610. The Morgan fingerprint density at radius 2 is 2.35 bits per heavy atom. The highest BCUT2D eigenvalue weighted by Gasteiger charge is 2.19. The van der Waals surface area contributed by atoms with Gasteiger partial charge >= 0.3 is 0 Å². The molecule has 0 bridgehead atoms. The van der Waals surface area contributed by atoms with Crippen LogP contribution in [0.25, 0.3) is 0 Å². The number of carbonyl (C=O) groups is 1. The lowest BCUT2D eigenvalue weighted by atomic mass is 9.99. The first kappa shape index (κ1) is 14.5. The lowest BCUT2D eigenvalue weighted by Crippen LogP contribution is -2.41. The molecule has 0 aromatic heterocycles. The normalized spacial score (nSPS) is 20.2. The second kappa shape index (κ2) is 8.48. The van der Waals surface area contributed by atoms with Crippen LogP contribution >= 0.6 is 0 Å². The summed E-state index contributed by atoms with van der Waals surface area (Å²) in [6.45, 7) is 6.66. The van der Waals surface area contributed by atoms with E-state index in [4.69, 9.17) is 4.74 Å². The lowest BCUT2D eigenvalue weighted by Gasteiger charge is -2.29. The van der Waals surface area contributed by atoms with Crippen molar-refractivity contribution in [3.63, 3.8) is 0 Å². The van der Waals surface area contributed by atoms with Gasteiger partial charge in [0.15, 0.2) is 0 Å². The van der Waals surface area contributed by atoms with Crippen molar-refractivity contribution in [2.24, 2.45) is 5.92 Å². The molecular weight excluding hydrogens is 216 g/mol. The fraction of sp³-hybridized carbons (Fsp3) is 0.923. The zero-order valence-corrected chi connectivity index (χ0v) is 11.2. The number of ether oxygens (including phenoxy) is 1. The Labute approximate surface area is 105 Å². The Kier molecular flexibility index (Phi) is 7.21. The largest absolute Gasteiger partial charge is 0.385 e. The van der Waals surface area contributed by atoms with Crippen LogP contribution in [0.4, 0.5) is 0 Å². The van der Waals surface area contributed by atoms with Gasteiger partial charge in [-0.25, -0.2) is 0 Å². The molecule has 1 aliphatic heterocycles. The van der Waals surface area contributed by atoms with Gasteiger partial charge in [-0.3, -0.25) is 4.79 Å². The average molecular weight is 242 g/mol. The van der Waals surface area contributed by atoms with E-state index in [1.165, 1.54) is 12.8 Å². The minimum Gasteiger partial charge on any atom is -0.385 e. The van der Waals surface area contributed by atoms with Gasteiger partial charge in [-0.2, -0.15) is 0 Å². The number of hydrogen-bond acceptors (Lipinski definition) is 3. The maximum absolute atomic E-state index is 12.0. The Balaban J connectivity index is 2.27. The first-order valence-corrected chi connectivity index (χ1v) is 6.75. The van der Waals surface area contributed by atoms with Crippen LogP contribution in [0, 0.1) is 5.92 Å². The quantitative estimate of drug-likeness (QED) is 0.683. The molecule has 1 unspecified atom stereocenters. The molecule has 4 nitrogen and oxygen atoms in total. The maximum atomic E-state index is 12.0. The third-order valence-electron chi connectivity index (χ3n) is 3.35. The van der Waals surface area contributed by atoms with Gasteiger partial charge in [-0.15, -0.1) is 0 Å². The third kappa shape index (κ3) is 5.50. The van der Waals surface area contributed by atoms with Gasteiger partial charge < -0.3 is 15.0 Å². The predicted octanol–water partition coefficient (Wildman–Crippen LogP) is 1.26. The van der Waals surface area contributed by atoms with E-state index in [1.807, 2.05) is 4.90 Å². The maximum Gasteiger partial charge on any atom is 0.222 e. The lowest BCUT2D eigenvalue weighted by molar-refractivity contribution is -0.132. The van der Waals surface area contributed by atoms with Crippen LogP contribution in [0.15, 0.2) is 0 Å². The molecule has 4 heteroatoms. The Morgan fingerprint density at radius 3 is 2.94 bits per heavy atom. The van der Waals surface area contributed by atoms with Gasteiger partial charge in [0.25, 0.3) is 0 Å². The fourth-order valence-corrected chi connectivity index (χ4v) is 2.32. The number of amides is 1. The molecule has 0 saturated carbocycles. The van der Waals surface area contributed by atoms with Crippen molar-refractivity contribution < 1.29 is 9.53 Å². The van der Waals surface area contributed by atoms with Gasteiger partial charge in [-0.05, 0) is 45.2 Å². The van der Waals surface area contributed by atoms with E-state index >= 15 is 0 Å². The predicted molar refractivity (Wildman–Crippen MR) is 69.0 cm³/mol. The van der Waals surface area contributed by atoms with Gasteiger partial charge in [0.05, 0.1) is 0 Å². The number of nitrogens with one attached hydrogen (secondary N) is 1. The van der Waals surface area contributed by atoms with Crippen molar-refractivity contribution >= 4 is 5.91 Å². The monoisotopic (exact) mass is 242 g/mol. The van der Waals surface area contributed by atoms with E-state index in [2.05, 4.69) is 12.2 Å². The van der Waals surface area contributed by atoms with E-state index in [0.717, 1.165) is 32.6 Å². The second-order valence-corrected chi connectivity index (χ2v) is 4.74. The first-order valence-electron chi connectivity index (χ1n) is 6.75. The molecule has 0 aromatic carbocycles. The van der Waals surface area contributed by atoms with E-state index in [1.54, 1.807) is 7.11 Å². The zero-order valence-electron chi connectivity index (χ0n) is 11.2. The van der Waals surface area contributed by atoms with E-state index in [0.29, 0.717) is 18.9 Å². The molecular formula is C13H26N2O2. The summed E-state index contributed by atoms with van der Waals surface area (Å²) in [7, 11) is 1.68. The molecule has 1 saturated heterocycles. The van der Waals surface area contributed by atoms with Crippen molar-refractivity contribution in [1.82, 2.24) is 10.2 Å². The molecule has 0 radical (unpaired) electrons. The summed E-state index contributed by atoms with van der Waals surface area (Å²) in [5, 5.41) is 3.40. The van der Waals surface area contributed by atoms with Crippen LogP contribution < -0.4 is 5.32 Å². The molecule has 1 aliphatic rings.